The highest BCUT2D eigenvalue weighted by Gasteiger charge is 2.07. The van der Waals surface area contributed by atoms with E-state index in [1.165, 1.54) is 24.3 Å². The zero-order valence-corrected chi connectivity index (χ0v) is 8.42. The van der Waals surface area contributed by atoms with Gasteiger partial charge in [-0.15, -0.1) is 10.2 Å². The number of aromatic nitrogens is 4. The second-order valence-electron chi connectivity index (χ2n) is 2.93. The van der Waals surface area contributed by atoms with E-state index in [1.54, 1.807) is 0 Å². The number of tetrazole rings is 1. The van der Waals surface area contributed by atoms with Gasteiger partial charge in [-0.3, -0.25) is 5.43 Å². The number of aromatic amines is 1. The summed E-state index contributed by atoms with van der Waals surface area (Å²) >= 11 is 0. The highest BCUT2D eigenvalue weighted by Crippen LogP contribution is 2.08. The van der Waals surface area contributed by atoms with Crippen LogP contribution in [-0.2, 0) is 0 Å². The highest BCUT2D eigenvalue weighted by molar-refractivity contribution is 6.09. The maximum absolute atomic E-state index is 12.6. The lowest BCUT2D eigenvalue weighted by Gasteiger charge is -1.99. The lowest BCUT2D eigenvalue weighted by molar-refractivity contribution is 0.628. The van der Waals surface area contributed by atoms with Gasteiger partial charge in [0.1, 0.15) is 11.9 Å². The molecule has 2 aromatic rings. The summed E-state index contributed by atoms with van der Waals surface area (Å²) in [4.78, 5) is 0. The van der Waals surface area contributed by atoms with Crippen LogP contribution in [0.3, 0.4) is 0 Å². The van der Waals surface area contributed by atoms with Gasteiger partial charge in [0.15, 0.2) is 0 Å². The number of nitrogens with one attached hydrogen (secondary N) is 2. The Bertz CT molecular complexity index is 552. The fourth-order valence-corrected chi connectivity index (χ4v) is 1.03. The molecule has 0 saturated carbocycles. The SMILES string of the molecule is N#C/C(=N\Nc1ccc(F)cc1)c1nn[nH]n1. The number of hydrazone groups is 1. The van der Waals surface area contributed by atoms with Crippen molar-refractivity contribution in [2.24, 2.45) is 5.10 Å². The number of halogens is 1. The first kappa shape index (κ1) is 10.7. The third kappa shape index (κ3) is 2.60. The van der Waals surface area contributed by atoms with E-state index < -0.39 is 0 Å². The van der Waals surface area contributed by atoms with E-state index in [2.05, 4.69) is 31.2 Å². The zero-order chi connectivity index (χ0) is 12.1. The number of rotatable bonds is 3. The Morgan fingerprint density at radius 1 is 1.41 bits per heavy atom. The molecule has 2 rings (SSSR count). The zero-order valence-electron chi connectivity index (χ0n) is 8.42. The van der Waals surface area contributed by atoms with Crippen molar-refractivity contribution in [1.82, 2.24) is 20.6 Å². The Balaban J connectivity index is 2.14. The van der Waals surface area contributed by atoms with E-state index in [0.29, 0.717) is 5.69 Å². The van der Waals surface area contributed by atoms with Crippen molar-refractivity contribution in [3.05, 3.63) is 35.9 Å². The maximum atomic E-state index is 12.6. The van der Waals surface area contributed by atoms with Crippen LogP contribution in [0.25, 0.3) is 0 Å². The molecule has 0 saturated heterocycles. The van der Waals surface area contributed by atoms with Crippen molar-refractivity contribution in [3.8, 4) is 6.07 Å². The Kier molecular flexibility index (Phi) is 3.02. The maximum Gasteiger partial charge on any atom is 0.235 e. The molecule has 1 aromatic heterocycles. The number of anilines is 1. The van der Waals surface area contributed by atoms with Gasteiger partial charge in [0.25, 0.3) is 0 Å². The molecule has 17 heavy (non-hydrogen) atoms. The van der Waals surface area contributed by atoms with Crippen LogP contribution in [0, 0.1) is 17.1 Å². The summed E-state index contributed by atoms with van der Waals surface area (Å²) in [5.74, 6) is -0.264. The quantitative estimate of drug-likeness (QED) is 0.597. The molecule has 0 unspecified atom stereocenters. The van der Waals surface area contributed by atoms with E-state index in [1.807, 2.05) is 6.07 Å². The minimum atomic E-state index is -0.349. The van der Waals surface area contributed by atoms with Crippen molar-refractivity contribution in [1.29, 1.82) is 5.26 Å². The van der Waals surface area contributed by atoms with Crippen LogP contribution in [0.5, 0.6) is 0 Å². The Labute approximate surface area is 95.0 Å². The molecular formula is C9H6FN7. The van der Waals surface area contributed by atoms with E-state index in [-0.39, 0.29) is 17.4 Å². The molecule has 0 radical (unpaired) electrons. The van der Waals surface area contributed by atoms with E-state index in [4.69, 9.17) is 5.26 Å². The number of hydrogen-bond acceptors (Lipinski definition) is 6. The van der Waals surface area contributed by atoms with Gasteiger partial charge in [-0.05, 0) is 29.5 Å². The van der Waals surface area contributed by atoms with Crippen LogP contribution in [0.15, 0.2) is 29.4 Å². The molecule has 7 nitrogen and oxygen atoms in total. The summed E-state index contributed by atoms with van der Waals surface area (Å²) in [6.45, 7) is 0. The van der Waals surface area contributed by atoms with Crippen LogP contribution in [0.1, 0.15) is 5.82 Å². The van der Waals surface area contributed by atoms with Crippen molar-refractivity contribution in [2.45, 2.75) is 0 Å². The Morgan fingerprint density at radius 2 is 2.18 bits per heavy atom. The van der Waals surface area contributed by atoms with Crippen LogP contribution in [0.2, 0.25) is 0 Å². The minimum Gasteiger partial charge on any atom is -0.277 e. The number of benzene rings is 1. The lowest BCUT2D eigenvalue weighted by atomic mass is 10.3. The number of nitriles is 1. The second kappa shape index (κ2) is 4.80. The molecule has 0 aliphatic rings. The van der Waals surface area contributed by atoms with Gasteiger partial charge in [-0.25, -0.2) is 4.39 Å². The summed E-state index contributed by atoms with van der Waals surface area (Å²) in [6.07, 6.45) is 0. The monoisotopic (exact) mass is 231 g/mol. The largest absolute Gasteiger partial charge is 0.277 e. The molecule has 2 N–H and O–H groups in total. The highest BCUT2D eigenvalue weighted by atomic mass is 19.1. The summed E-state index contributed by atoms with van der Waals surface area (Å²) < 4.78 is 12.6. The van der Waals surface area contributed by atoms with Gasteiger partial charge < -0.3 is 0 Å². The van der Waals surface area contributed by atoms with E-state index in [9.17, 15) is 4.39 Å². The third-order valence-corrected chi connectivity index (χ3v) is 1.80. The number of H-pyrrole nitrogens is 1. The fraction of sp³-hybridized carbons (Fsp3) is 0. The molecule has 0 bridgehead atoms. The second-order valence-corrected chi connectivity index (χ2v) is 2.93. The number of hydrogen-bond donors (Lipinski definition) is 2. The standard InChI is InChI=1S/C9H6FN7/c10-6-1-3-7(4-2-6)12-13-8(5-11)9-14-16-17-15-9/h1-4,12H,(H,14,15,16,17)/b13-8+. The summed E-state index contributed by atoms with van der Waals surface area (Å²) in [7, 11) is 0. The molecule has 0 atom stereocenters. The van der Waals surface area contributed by atoms with Crippen LogP contribution in [-0.4, -0.2) is 26.3 Å². The predicted molar refractivity (Wildman–Crippen MR) is 56.4 cm³/mol. The molecular weight excluding hydrogens is 225 g/mol. The molecule has 0 fully saturated rings. The Morgan fingerprint density at radius 3 is 2.76 bits per heavy atom. The fourth-order valence-electron chi connectivity index (χ4n) is 1.03. The molecule has 84 valence electrons. The molecule has 0 spiro atoms. The average Bonchev–Trinajstić information content (AvgIpc) is 2.86. The summed E-state index contributed by atoms with van der Waals surface area (Å²) in [5.41, 5.74) is 3.11. The van der Waals surface area contributed by atoms with Gasteiger partial charge in [0.2, 0.25) is 11.5 Å². The summed E-state index contributed by atoms with van der Waals surface area (Å²) in [6, 6.07) is 7.35. The van der Waals surface area contributed by atoms with Gasteiger partial charge in [-0.1, -0.05) is 0 Å². The molecule has 1 heterocycles. The molecule has 0 aliphatic carbocycles. The lowest BCUT2D eigenvalue weighted by Crippen LogP contribution is -2.04. The molecule has 8 heteroatoms. The first-order valence-corrected chi connectivity index (χ1v) is 4.53. The predicted octanol–water partition coefficient (Wildman–Crippen LogP) is 0.679. The smallest absolute Gasteiger partial charge is 0.235 e. The van der Waals surface area contributed by atoms with Crippen molar-refractivity contribution in [2.75, 3.05) is 5.43 Å². The topological polar surface area (TPSA) is 103 Å². The molecule has 1 aromatic carbocycles. The summed E-state index contributed by atoms with van der Waals surface area (Å²) in [5, 5.41) is 25.3. The van der Waals surface area contributed by atoms with Gasteiger partial charge in [0, 0.05) is 0 Å². The van der Waals surface area contributed by atoms with E-state index in [0.717, 1.165) is 0 Å². The van der Waals surface area contributed by atoms with Crippen LogP contribution >= 0.6 is 0 Å². The minimum absolute atomic E-state index is 0.0249. The average molecular weight is 231 g/mol. The number of nitrogens with zero attached hydrogens (tertiary/aromatic N) is 5. The normalized spacial score (nSPS) is 10.9. The van der Waals surface area contributed by atoms with Gasteiger partial charge in [0.05, 0.1) is 5.69 Å². The van der Waals surface area contributed by atoms with Crippen molar-refractivity contribution >= 4 is 11.4 Å². The van der Waals surface area contributed by atoms with Gasteiger partial charge >= 0.3 is 0 Å². The first-order valence-electron chi connectivity index (χ1n) is 4.53. The van der Waals surface area contributed by atoms with E-state index >= 15 is 0 Å². The third-order valence-electron chi connectivity index (χ3n) is 1.80. The van der Waals surface area contributed by atoms with Gasteiger partial charge in [-0.2, -0.15) is 15.6 Å². The van der Waals surface area contributed by atoms with Crippen molar-refractivity contribution < 1.29 is 4.39 Å². The molecule has 0 amide bonds. The van der Waals surface area contributed by atoms with Crippen LogP contribution in [0.4, 0.5) is 10.1 Å². The van der Waals surface area contributed by atoms with Crippen LogP contribution < -0.4 is 5.43 Å². The molecule has 0 aliphatic heterocycles. The first-order chi connectivity index (χ1) is 8.29. The van der Waals surface area contributed by atoms with Crippen molar-refractivity contribution in [3.63, 3.8) is 0 Å². The Hall–Kier alpha value is -2.82.